The molecular formula is C13H14O. The Labute approximate surface area is 84.0 Å². The highest BCUT2D eigenvalue weighted by molar-refractivity contribution is 5.86. The van der Waals surface area contributed by atoms with E-state index in [9.17, 15) is 5.11 Å². The minimum absolute atomic E-state index is 0.119. The Morgan fingerprint density at radius 3 is 2.64 bits per heavy atom. The van der Waals surface area contributed by atoms with Crippen LogP contribution in [0, 0.1) is 0 Å². The van der Waals surface area contributed by atoms with Crippen LogP contribution in [0.5, 0.6) is 0 Å². The van der Waals surface area contributed by atoms with Gasteiger partial charge in [0, 0.05) is 0 Å². The van der Waals surface area contributed by atoms with Crippen molar-refractivity contribution in [1.82, 2.24) is 0 Å². The van der Waals surface area contributed by atoms with Crippen LogP contribution in [-0.2, 0) is 13.0 Å². The molecule has 2 rings (SSSR count). The van der Waals surface area contributed by atoms with Crippen molar-refractivity contribution in [1.29, 1.82) is 0 Å². The van der Waals surface area contributed by atoms with Gasteiger partial charge in [0.05, 0.1) is 6.61 Å². The second kappa shape index (κ2) is 3.81. The molecule has 0 atom stereocenters. The standard InChI is InChI=1S/C13H14O/c1-2-10-7-11-5-3-4-6-13(11)12(8-10)9-14/h3-8,14H,2,9H2,1H3. The lowest BCUT2D eigenvalue weighted by Crippen LogP contribution is -1.89. The van der Waals surface area contributed by atoms with Crippen LogP contribution >= 0.6 is 0 Å². The first-order valence-electron chi connectivity index (χ1n) is 4.96. The van der Waals surface area contributed by atoms with Gasteiger partial charge >= 0.3 is 0 Å². The van der Waals surface area contributed by atoms with Crippen molar-refractivity contribution in [3.63, 3.8) is 0 Å². The van der Waals surface area contributed by atoms with Gasteiger partial charge in [0.2, 0.25) is 0 Å². The summed E-state index contributed by atoms with van der Waals surface area (Å²) in [6.45, 7) is 2.25. The molecule has 14 heavy (non-hydrogen) atoms. The molecule has 2 aromatic rings. The maximum atomic E-state index is 9.26. The molecule has 0 aliphatic rings. The van der Waals surface area contributed by atoms with Crippen LogP contribution in [0.2, 0.25) is 0 Å². The highest BCUT2D eigenvalue weighted by Crippen LogP contribution is 2.21. The first kappa shape index (κ1) is 9.22. The topological polar surface area (TPSA) is 20.2 Å². The van der Waals surface area contributed by atoms with Gasteiger partial charge in [-0.25, -0.2) is 0 Å². The lowest BCUT2D eigenvalue weighted by atomic mass is 10.0. The molecular weight excluding hydrogens is 172 g/mol. The van der Waals surface area contributed by atoms with E-state index in [1.54, 1.807) is 0 Å². The summed E-state index contributed by atoms with van der Waals surface area (Å²) in [4.78, 5) is 0. The van der Waals surface area contributed by atoms with Gasteiger partial charge in [0.15, 0.2) is 0 Å². The lowest BCUT2D eigenvalue weighted by molar-refractivity contribution is 0.283. The number of aryl methyl sites for hydroxylation is 1. The molecule has 0 saturated carbocycles. The van der Waals surface area contributed by atoms with E-state index in [1.807, 2.05) is 12.1 Å². The molecule has 0 aliphatic carbocycles. The SMILES string of the molecule is CCc1cc(CO)c2ccccc2c1. The van der Waals surface area contributed by atoms with Crippen LogP contribution in [0.1, 0.15) is 18.1 Å². The summed E-state index contributed by atoms with van der Waals surface area (Å²) in [7, 11) is 0. The van der Waals surface area contributed by atoms with Crippen molar-refractivity contribution in [2.75, 3.05) is 0 Å². The monoisotopic (exact) mass is 186 g/mol. The Morgan fingerprint density at radius 2 is 1.93 bits per heavy atom. The number of aliphatic hydroxyl groups excluding tert-OH is 1. The number of fused-ring (bicyclic) bond motifs is 1. The zero-order chi connectivity index (χ0) is 9.97. The first-order chi connectivity index (χ1) is 6.85. The number of aliphatic hydroxyl groups is 1. The second-order valence-corrected chi connectivity index (χ2v) is 3.49. The third kappa shape index (κ3) is 1.51. The summed E-state index contributed by atoms with van der Waals surface area (Å²) in [5.41, 5.74) is 2.31. The van der Waals surface area contributed by atoms with Gasteiger partial charge in [-0.3, -0.25) is 0 Å². The van der Waals surface area contributed by atoms with E-state index in [0.717, 1.165) is 17.4 Å². The number of benzene rings is 2. The quantitative estimate of drug-likeness (QED) is 0.764. The Morgan fingerprint density at radius 1 is 1.14 bits per heavy atom. The highest BCUT2D eigenvalue weighted by Gasteiger charge is 2.01. The molecule has 0 heterocycles. The third-order valence-electron chi connectivity index (χ3n) is 2.59. The second-order valence-electron chi connectivity index (χ2n) is 3.49. The number of rotatable bonds is 2. The lowest BCUT2D eigenvalue weighted by Gasteiger charge is -2.06. The fourth-order valence-corrected chi connectivity index (χ4v) is 1.79. The van der Waals surface area contributed by atoms with Crippen LogP contribution in [0.3, 0.4) is 0 Å². The molecule has 1 N–H and O–H groups in total. The van der Waals surface area contributed by atoms with E-state index in [-0.39, 0.29) is 6.61 Å². The van der Waals surface area contributed by atoms with Gasteiger partial charge in [-0.1, -0.05) is 43.3 Å². The van der Waals surface area contributed by atoms with Crippen molar-refractivity contribution in [2.24, 2.45) is 0 Å². The number of hydrogen-bond acceptors (Lipinski definition) is 1. The molecule has 0 unspecified atom stereocenters. The fraction of sp³-hybridized carbons (Fsp3) is 0.231. The van der Waals surface area contributed by atoms with Crippen LogP contribution in [0.25, 0.3) is 10.8 Å². The molecule has 0 saturated heterocycles. The van der Waals surface area contributed by atoms with Gasteiger partial charge in [0.1, 0.15) is 0 Å². The molecule has 72 valence electrons. The van der Waals surface area contributed by atoms with Crippen molar-refractivity contribution < 1.29 is 5.11 Å². The summed E-state index contributed by atoms with van der Waals surface area (Å²) in [5, 5.41) is 11.6. The van der Waals surface area contributed by atoms with E-state index < -0.39 is 0 Å². The average Bonchev–Trinajstić information content (AvgIpc) is 2.27. The van der Waals surface area contributed by atoms with Gasteiger partial charge in [0.25, 0.3) is 0 Å². The Balaban J connectivity index is 2.73. The predicted octanol–water partition coefficient (Wildman–Crippen LogP) is 2.89. The smallest absolute Gasteiger partial charge is 0.0687 e. The molecule has 1 nitrogen and oxygen atoms in total. The summed E-state index contributed by atoms with van der Waals surface area (Å²) in [5.74, 6) is 0. The maximum Gasteiger partial charge on any atom is 0.0687 e. The highest BCUT2D eigenvalue weighted by atomic mass is 16.3. The van der Waals surface area contributed by atoms with Crippen molar-refractivity contribution in [3.8, 4) is 0 Å². The van der Waals surface area contributed by atoms with Gasteiger partial charge < -0.3 is 5.11 Å². The van der Waals surface area contributed by atoms with Crippen LogP contribution < -0.4 is 0 Å². The Bertz CT molecular complexity index is 446. The Hall–Kier alpha value is -1.34. The summed E-state index contributed by atoms with van der Waals surface area (Å²) < 4.78 is 0. The van der Waals surface area contributed by atoms with E-state index >= 15 is 0 Å². The molecule has 0 amide bonds. The minimum atomic E-state index is 0.119. The van der Waals surface area contributed by atoms with Crippen LogP contribution in [0.15, 0.2) is 36.4 Å². The number of hydrogen-bond donors (Lipinski definition) is 1. The molecule has 1 heteroatoms. The molecule has 0 aromatic heterocycles. The average molecular weight is 186 g/mol. The van der Waals surface area contributed by atoms with Crippen LogP contribution in [-0.4, -0.2) is 5.11 Å². The molecule has 0 radical (unpaired) electrons. The molecule has 0 fully saturated rings. The zero-order valence-electron chi connectivity index (χ0n) is 8.33. The van der Waals surface area contributed by atoms with Crippen LogP contribution in [0.4, 0.5) is 0 Å². The fourth-order valence-electron chi connectivity index (χ4n) is 1.79. The molecule has 0 spiro atoms. The van der Waals surface area contributed by atoms with Crippen molar-refractivity contribution in [2.45, 2.75) is 20.0 Å². The summed E-state index contributed by atoms with van der Waals surface area (Å²) in [6.07, 6.45) is 1.01. The van der Waals surface area contributed by atoms with E-state index in [1.165, 1.54) is 10.9 Å². The van der Waals surface area contributed by atoms with E-state index in [0.29, 0.717) is 0 Å². The predicted molar refractivity (Wildman–Crippen MR) is 59.2 cm³/mol. The summed E-state index contributed by atoms with van der Waals surface area (Å²) in [6, 6.07) is 12.5. The third-order valence-corrected chi connectivity index (χ3v) is 2.59. The normalized spacial score (nSPS) is 10.7. The van der Waals surface area contributed by atoms with Gasteiger partial charge in [-0.15, -0.1) is 0 Å². The largest absolute Gasteiger partial charge is 0.392 e. The minimum Gasteiger partial charge on any atom is -0.392 e. The van der Waals surface area contributed by atoms with Crippen molar-refractivity contribution >= 4 is 10.8 Å². The van der Waals surface area contributed by atoms with Crippen molar-refractivity contribution in [3.05, 3.63) is 47.5 Å². The molecule has 0 aliphatic heterocycles. The molecule has 0 bridgehead atoms. The first-order valence-corrected chi connectivity index (χ1v) is 4.96. The maximum absolute atomic E-state index is 9.26. The zero-order valence-corrected chi connectivity index (χ0v) is 8.33. The summed E-state index contributed by atoms with van der Waals surface area (Å²) >= 11 is 0. The molecule has 2 aromatic carbocycles. The van der Waals surface area contributed by atoms with Gasteiger partial charge in [-0.05, 0) is 28.3 Å². The van der Waals surface area contributed by atoms with E-state index in [4.69, 9.17) is 0 Å². The Kier molecular flexibility index (Phi) is 2.51. The van der Waals surface area contributed by atoms with E-state index in [2.05, 4.69) is 31.2 Å². The van der Waals surface area contributed by atoms with Gasteiger partial charge in [-0.2, -0.15) is 0 Å².